The van der Waals surface area contributed by atoms with Crippen molar-refractivity contribution in [2.24, 2.45) is 5.92 Å². The maximum atomic E-state index is 10.6. The fourth-order valence-electron chi connectivity index (χ4n) is 1.41. The quantitative estimate of drug-likeness (QED) is 0.790. The molecule has 0 bridgehead atoms. The Hall–Kier alpha value is -1.42. The lowest BCUT2D eigenvalue weighted by Gasteiger charge is -2.18. The van der Waals surface area contributed by atoms with Crippen molar-refractivity contribution in [2.45, 2.75) is 13.5 Å². The Morgan fingerprint density at radius 2 is 2.40 bits per heavy atom. The highest BCUT2D eigenvalue weighted by Crippen LogP contribution is 2.04. The molecule has 0 aliphatic rings. The standard InChI is InChI=1S/C11H16N2O2/c1-9(11(14)15)7-13(2)8-10-4-3-5-12-6-10/h3-6,9H,7-8H2,1-2H3,(H,14,15). The molecule has 82 valence electrons. The van der Waals surface area contributed by atoms with Crippen molar-refractivity contribution in [1.82, 2.24) is 9.88 Å². The van der Waals surface area contributed by atoms with Gasteiger partial charge in [0.15, 0.2) is 0 Å². The number of pyridine rings is 1. The van der Waals surface area contributed by atoms with Crippen molar-refractivity contribution >= 4 is 5.97 Å². The predicted octanol–water partition coefficient (Wildman–Crippen LogP) is 1.23. The van der Waals surface area contributed by atoms with Crippen LogP contribution in [0.5, 0.6) is 0 Å². The Labute approximate surface area is 89.6 Å². The summed E-state index contributed by atoms with van der Waals surface area (Å²) in [5.74, 6) is -1.10. The van der Waals surface area contributed by atoms with Crippen LogP contribution in [-0.4, -0.2) is 34.6 Å². The summed E-state index contributed by atoms with van der Waals surface area (Å²) in [6.45, 7) is 2.98. The fraction of sp³-hybridized carbons (Fsp3) is 0.455. The second-order valence-electron chi connectivity index (χ2n) is 3.80. The first kappa shape index (κ1) is 11.7. The number of rotatable bonds is 5. The number of carbonyl (C=O) groups is 1. The first-order valence-electron chi connectivity index (χ1n) is 4.90. The molecule has 15 heavy (non-hydrogen) atoms. The Bertz CT molecular complexity index is 314. The normalized spacial score (nSPS) is 12.7. The molecule has 0 saturated carbocycles. The van der Waals surface area contributed by atoms with Crippen LogP contribution in [0.3, 0.4) is 0 Å². The molecule has 0 aliphatic heterocycles. The first-order valence-corrected chi connectivity index (χ1v) is 4.90. The van der Waals surface area contributed by atoms with Gasteiger partial charge in [-0.05, 0) is 18.7 Å². The van der Waals surface area contributed by atoms with E-state index in [1.54, 1.807) is 19.3 Å². The third-order valence-electron chi connectivity index (χ3n) is 2.18. The van der Waals surface area contributed by atoms with Gasteiger partial charge in [0, 0.05) is 25.5 Å². The van der Waals surface area contributed by atoms with E-state index in [2.05, 4.69) is 4.98 Å². The molecule has 0 radical (unpaired) electrons. The molecule has 1 heterocycles. The van der Waals surface area contributed by atoms with E-state index in [1.165, 1.54) is 0 Å². The molecule has 4 heteroatoms. The van der Waals surface area contributed by atoms with Gasteiger partial charge in [-0.25, -0.2) is 0 Å². The molecular formula is C11H16N2O2. The maximum Gasteiger partial charge on any atom is 0.307 e. The Morgan fingerprint density at radius 3 is 2.93 bits per heavy atom. The average molecular weight is 208 g/mol. The van der Waals surface area contributed by atoms with E-state index in [0.29, 0.717) is 6.54 Å². The van der Waals surface area contributed by atoms with Crippen LogP contribution in [0, 0.1) is 5.92 Å². The minimum Gasteiger partial charge on any atom is -0.481 e. The lowest BCUT2D eigenvalue weighted by atomic mass is 10.1. The molecule has 1 rings (SSSR count). The van der Waals surface area contributed by atoms with Crippen LogP contribution in [0.2, 0.25) is 0 Å². The monoisotopic (exact) mass is 208 g/mol. The molecule has 1 unspecified atom stereocenters. The SMILES string of the molecule is CC(CN(C)Cc1cccnc1)C(=O)O. The Morgan fingerprint density at radius 1 is 1.67 bits per heavy atom. The highest BCUT2D eigenvalue weighted by molar-refractivity contribution is 5.69. The van der Waals surface area contributed by atoms with Crippen LogP contribution in [0.15, 0.2) is 24.5 Å². The van der Waals surface area contributed by atoms with Gasteiger partial charge in [0.2, 0.25) is 0 Å². The van der Waals surface area contributed by atoms with Crippen molar-refractivity contribution in [3.63, 3.8) is 0 Å². The summed E-state index contributed by atoms with van der Waals surface area (Å²) in [5.41, 5.74) is 1.09. The highest BCUT2D eigenvalue weighted by Gasteiger charge is 2.13. The molecule has 4 nitrogen and oxygen atoms in total. The summed E-state index contributed by atoms with van der Waals surface area (Å²) in [4.78, 5) is 16.6. The van der Waals surface area contributed by atoms with Gasteiger partial charge in [-0.2, -0.15) is 0 Å². The summed E-state index contributed by atoms with van der Waals surface area (Å²) in [7, 11) is 1.91. The van der Waals surface area contributed by atoms with Crippen molar-refractivity contribution < 1.29 is 9.90 Å². The van der Waals surface area contributed by atoms with Crippen molar-refractivity contribution in [3.8, 4) is 0 Å². The number of nitrogens with zero attached hydrogens (tertiary/aromatic N) is 2. The van der Waals surface area contributed by atoms with E-state index < -0.39 is 5.97 Å². The summed E-state index contributed by atoms with van der Waals surface area (Å²) >= 11 is 0. The van der Waals surface area contributed by atoms with Crippen molar-refractivity contribution in [3.05, 3.63) is 30.1 Å². The van der Waals surface area contributed by atoms with Crippen molar-refractivity contribution in [1.29, 1.82) is 0 Å². The van der Waals surface area contributed by atoms with Gasteiger partial charge in [-0.15, -0.1) is 0 Å². The fourth-order valence-corrected chi connectivity index (χ4v) is 1.41. The number of carboxylic acids is 1. The molecule has 0 aromatic carbocycles. The van der Waals surface area contributed by atoms with Crippen LogP contribution in [0.1, 0.15) is 12.5 Å². The van der Waals surface area contributed by atoms with E-state index >= 15 is 0 Å². The van der Waals surface area contributed by atoms with Crippen LogP contribution >= 0.6 is 0 Å². The van der Waals surface area contributed by atoms with Gasteiger partial charge in [0.25, 0.3) is 0 Å². The minimum atomic E-state index is -0.756. The number of hydrogen-bond donors (Lipinski definition) is 1. The molecule has 0 spiro atoms. The second kappa shape index (κ2) is 5.46. The number of aliphatic carboxylic acids is 1. The molecule has 1 aromatic rings. The molecule has 1 aromatic heterocycles. The molecule has 1 atom stereocenters. The maximum absolute atomic E-state index is 10.6. The Balaban J connectivity index is 2.43. The number of aromatic nitrogens is 1. The zero-order valence-corrected chi connectivity index (χ0v) is 9.05. The van der Waals surface area contributed by atoms with E-state index in [4.69, 9.17) is 5.11 Å². The summed E-state index contributed by atoms with van der Waals surface area (Å²) in [6, 6.07) is 3.86. The zero-order chi connectivity index (χ0) is 11.3. The average Bonchev–Trinajstić information content (AvgIpc) is 2.18. The largest absolute Gasteiger partial charge is 0.481 e. The highest BCUT2D eigenvalue weighted by atomic mass is 16.4. The summed E-state index contributed by atoms with van der Waals surface area (Å²) in [6.07, 6.45) is 3.52. The number of hydrogen-bond acceptors (Lipinski definition) is 3. The van der Waals surface area contributed by atoms with Crippen LogP contribution in [0.25, 0.3) is 0 Å². The van der Waals surface area contributed by atoms with Gasteiger partial charge in [-0.3, -0.25) is 9.78 Å². The number of carboxylic acid groups (broad SMARTS) is 1. The van der Waals surface area contributed by atoms with Gasteiger partial charge in [-0.1, -0.05) is 13.0 Å². The first-order chi connectivity index (χ1) is 7.09. The predicted molar refractivity (Wildman–Crippen MR) is 57.4 cm³/mol. The van der Waals surface area contributed by atoms with E-state index in [9.17, 15) is 4.79 Å². The third kappa shape index (κ3) is 4.08. The molecular weight excluding hydrogens is 192 g/mol. The Kier molecular flexibility index (Phi) is 4.24. The van der Waals surface area contributed by atoms with E-state index in [-0.39, 0.29) is 5.92 Å². The van der Waals surface area contributed by atoms with Crippen LogP contribution in [0.4, 0.5) is 0 Å². The van der Waals surface area contributed by atoms with E-state index in [1.807, 2.05) is 24.1 Å². The molecule has 1 N–H and O–H groups in total. The van der Waals surface area contributed by atoms with Crippen LogP contribution < -0.4 is 0 Å². The smallest absolute Gasteiger partial charge is 0.307 e. The topological polar surface area (TPSA) is 53.4 Å². The minimum absolute atomic E-state index is 0.341. The lowest BCUT2D eigenvalue weighted by Crippen LogP contribution is -2.28. The summed E-state index contributed by atoms with van der Waals surface area (Å²) < 4.78 is 0. The molecule has 0 fully saturated rings. The van der Waals surface area contributed by atoms with Gasteiger partial charge in [0.05, 0.1) is 5.92 Å². The second-order valence-corrected chi connectivity index (χ2v) is 3.80. The van der Waals surface area contributed by atoms with Gasteiger partial charge in [0.1, 0.15) is 0 Å². The molecule has 0 saturated heterocycles. The van der Waals surface area contributed by atoms with Crippen molar-refractivity contribution in [2.75, 3.05) is 13.6 Å². The van der Waals surface area contributed by atoms with Gasteiger partial charge < -0.3 is 10.0 Å². The van der Waals surface area contributed by atoms with E-state index in [0.717, 1.165) is 12.1 Å². The van der Waals surface area contributed by atoms with Crippen LogP contribution in [-0.2, 0) is 11.3 Å². The molecule has 0 aliphatic carbocycles. The van der Waals surface area contributed by atoms with Gasteiger partial charge >= 0.3 is 5.97 Å². The summed E-state index contributed by atoms with van der Waals surface area (Å²) in [5, 5.41) is 8.76. The lowest BCUT2D eigenvalue weighted by molar-refractivity contribution is -0.141. The zero-order valence-electron chi connectivity index (χ0n) is 9.05. The third-order valence-corrected chi connectivity index (χ3v) is 2.18. The molecule has 0 amide bonds.